The Kier molecular flexibility index (Phi) is 10.8. The van der Waals surface area contributed by atoms with Gasteiger partial charge in [-0.05, 0) is 50.6 Å². The molecule has 29 heavy (non-hydrogen) atoms. The molecule has 2 amide bonds. The smallest absolute Gasteiger partial charge is 0.414 e. The summed E-state index contributed by atoms with van der Waals surface area (Å²) < 4.78 is 5.35. The number of rotatable bonds is 9. The fourth-order valence-corrected chi connectivity index (χ4v) is 2.54. The highest BCUT2D eigenvalue weighted by Crippen LogP contribution is 2.15. The quantitative estimate of drug-likeness (QED) is 0.346. The fourth-order valence-electron chi connectivity index (χ4n) is 2.54. The summed E-state index contributed by atoms with van der Waals surface area (Å²) in [7, 11) is 0. The van der Waals surface area contributed by atoms with E-state index in [2.05, 4.69) is 10.6 Å². The van der Waals surface area contributed by atoms with Crippen molar-refractivity contribution >= 4 is 29.4 Å². The van der Waals surface area contributed by atoms with Crippen molar-refractivity contribution in [1.29, 1.82) is 0 Å². The maximum absolute atomic E-state index is 11.8. The number of hydrogen-bond acceptors (Lipinski definition) is 6. The zero-order valence-corrected chi connectivity index (χ0v) is 16.3. The lowest BCUT2D eigenvalue weighted by Gasteiger charge is -2.15. The molecule has 0 aromatic heterocycles. The molecule has 1 aliphatic rings. The summed E-state index contributed by atoms with van der Waals surface area (Å²) in [5.74, 6) is -2.69. The number of carbonyl (C=O) groups is 4. The molecule has 1 aromatic rings. The maximum Gasteiger partial charge on any atom is 0.414 e. The molecule has 0 unspecified atom stereocenters. The third-order valence-electron chi connectivity index (χ3n) is 3.87. The molecule has 0 aliphatic carbocycles. The number of carboxylic acids is 2. The summed E-state index contributed by atoms with van der Waals surface area (Å²) in [4.78, 5) is 43.4. The van der Waals surface area contributed by atoms with Crippen molar-refractivity contribution in [3.05, 3.63) is 24.3 Å². The van der Waals surface area contributed by atoms with Crippen LogP contribution in [0.2, 0.25) is 0 Å². The number of benzene rings is 1. The van der Waals surface area contributed by atoms with Crippen LogP contribution in [0, 0.1) is 0 Å². The van der Waals surface area contributed by atoms with Gasteiger partial charge in [-0.15, -0.1) is 0 Å². The molecule has 1 fully saturated rings. The van der Waals surface area contributed by atoms with Gasteiger partial charge in [0.05, 0.1) is 13.2 Å². The van der Waals surface area contributed by atoms with Crippen LogP contribution in [0.15, 0.2) is 24.3 Å². The minimum Gasteiger partial charge on any atom is -0.494 e. The molecule has 0 bridgehead atoms. The number of ether oxygens (including phenoxy) is 1. The summed E-state index contributed by atoms with van der Waals surface area (Å²) in [6, 6.07) is 7.31. The van der Waals surface area contributed by atoms with Crippen LogP contribution < -0.4 is 15.4 Å². The number of hydrogen-bond donors (Lipinski definition) is 4. The first-order chi connectivity index (χ1) is 13.8. The van der Waals surface area contributed by atoms with Crippen LogP contribution in [0.5, 0.6) is 5.75 Å². The van der Waals surface area contributed by atoms with Gasteiger partial charge in [0.2, 0.25) is 11.8 Å². The van der Waals surface area contributed by atoms with Gasteiger partial charge in [0, 0.05) is 25.2 Å². The van der Waals surface area contributed by atoms with Gasteiger partial charge >= 0.3 is 11.9 Å². The standard InChI is InChI=1S/C17H25N3O3.C2H2O4/c1-2-23-15-8-6-14(7-9-15)19-16(21)13-18-10-4-12-20-11-3-5-17(20)22;3-1(4)2(5)6/h6-9,18H,2-5,10-13H2,1H3,(H,19,21);(H,3,4)(H,5,6). The largest absolute Gasteiger partial charge is 0.494 e. The Hall–Kier alpha value is -3.14. The number of anilines is 1. The fraction of sp³-hybridized carbons (Fsp3) is 0.474. The highest BCUT2D eigenvalue weighted by Gasteiger charge is 2.18. The maximum atomic E-state index is 11.8. The van der Waals surface area contributed by atoms with Crippen molar-refractivity contribution in [2.24, 2.45) is 0 Å². The predicted molar refractivity (Wildman–Crippen MR) is 105 cm³/mol. The number of amides is 2. The Morgan fingerprint density at radius 1 is 1.14 bits per heavy atom. The third kappa shape index (κ3) is 10.1. The molecular weight excluding hydrogens is 382 g/mol. The number of carbonyl (C=O) groups excluding carboxylic acids is 2. The van der Waals surface area contributed by atoms with E-state index in [0.29, 0.717) is 13.0 Å². The first kappa shape index (κ1) is 23.9. The summed E-state index contributed by atoms with van der Waals surface area (Å²) >= 11 is 0. The predicted octanol–water partition coefficient (Wildman–Crippen LogP) is 0.782. The van der Waals surface area contributed by atoms with Gasteiger partial charge in [-0.25, -0.2) is 9.59 Å². The van der Waals surface area contributed by atoms with Crippen LogP contribution in [-0.4, -0.2) is 71.7 Å². The monoisotopic (exact) mass is 409 g/mol. The van der Waals surface area contributed by atoms with E-state index < -0.39 is 11.9 Å². The van der Waals surface area contributed by atoms with E-state index in [1.54, 1.807) is 0 Å². The highest BCUT2D eigenvalue weighted by atomic mass is 16.5. The molecule has 4 N–H and O–H groups in total. The molecule has 1 heterocycles. The van der Waals surface area contributed by atoms with Crippen LogP contribution in [0.25, 0.3) is 0 Å². The summed E-state index contributed by atoms with van der Waals surface area (Å²) in [6.45, 7) is 5.19. The van der Waals surface area contributed by atoms with E-state index in [0.717, 1.165) is 43.9 Å². The summed E-state index contributed by atoms with van der Waals surface area (Å²) in [6.07, 6.45) is 2.51. The Balaban J connectivity index is 0.000000612. The molecule has 0 radical (unpaired) electrons. The molecule has 0 saturated carbocycles. The number of nitrogens with one attached hydrogen (secondary N) is 2. The molecular formula is C19H27N3O7. The Morgan fingerprint density at radius 3 is 2.31 bits per heavy atom. The molecule has 1 aromatic carbocycles. The van der Waals surface area contributed by atoms with Crippen molar-refractivity contribution in [2.45, 2.75) is 26.2 Å². The van der Waals surface area contributed by atoms with Crippen LogP contribution in [0.4, 0.5) is 5.69 Å². The zero-order valence-electron chi connectivity index (χ0n) is 16.3. The van der Waals surface area contributed by atoms with Crippen molar-refractivity contribution in [1.82, 2.24) is 10.2 Å². The molecule has 0 spiro atoms. The molecule has 10 heteroatoms. The second kappa shape index (κ2) is 13.1. The van der Waals surface area contributed by atoms with E-state index in [9.17, 15) is 9.59 Å². The average Bonchev–Trinajstić information content (AvgIpc) is 3.08. The van der Waals surface area contributed by atoms with E-state index in [4.69, 9.17) is 24.5 Å². The first-order valence-electron chi connectivity index (χ1n) is 9.31. The lowest BCUT2D eigenvalue weighted by atomic mass is 10.3. The van der Waals surface area contributed by atoms with E-state index in [1.807, 2.05) is 36.1 Å². The second-order valence-electron chi connectivity index (χ2n) is 6.13. The van der Waals surface area contributed by atoms with Gasteiger partial charge in [-0.3, -0.25) is 9.59 Å². The highest BCUT2D eigenvalue weighted by molar-refractivity contribution is 6.27. The van der Waals surface area contributed by atoms with Crippen LogP contribution in [0.1, 0.15) is 26.2 Å². The lowest BCUT2D eigenvalue weighted by molar-refractivity contribution is -0.159. The Bertz CT molecular complexity index is 680. The van der Waals surface area contributed by atoms with Crippen LogP contribution in [0.3, 0.4) is 0 Å². The lowest BCUT2D eigenvalue weighted by Crippen LogP contribution is -2.32. The molecule has 0 atom stereocenters. The molecule has 1 saturated heterocycles. The minimum absolute atomic E-state index is 0.0774. The second-order valence-corrected chi connectivity index (χ2v) is 6.13. The topological polar surface area (TPSA) is 145 Å². The minimum atomic E-state index is -1.82. The summed E-state index contributed by atoms with van der Waals surface area (Å²) in [5.41, 5.74) is 0.753. The van der Waals surface area contributed by atoms with Gasteiger partial charge in [0.25, 0.3) is 0 Å². The Labute approximate surface area is 168 Å². The van der Waals surface area contributed by atoms with Gasteiger partial charge in [0.1, 0.15) is 5.75 Å². The van der Waals surface area contributed by atoms with Crippen molar-refractivity contribution in [3.63, 3.8) is 0 Å². The molecule has 160 valence electrons. The van der Waals surface area contributed by atoms with Crippen molar-refractivity contribution in [3.8, 4) is 5.75 Å². The van der Waals surface area contributed by atoms with Gasteiger partial charge in [-0.1, -0.05) is 0 Å². The van der Waals surface area contributed by atoms with Crippen LogP contribution in [-0.2, 0) is 19.2 Å². The van der Waals surface area contributed by atoms with E-state index in [-0.39, 0.29) is 18.4 Å². The molecule has 10 nitrogen and oxygen atoms in total. The number of nitrogens with zero attached hydrogens (tertiary/aromatic N) is 1. The number of likely N-dealkylation sites (tertiary alicyclic amines) is 1. The number of carboxylic acid groups (broad SMARTS) is 2. The normalized spacial score (nSPS) is 12.7. The van der Waals surface area contributed by atoms with Crippen LogP contribution >= 0.6 is 0 Å². The van der Waals surface area contributed by atoms with Gasteiger partial charge in [-0.2, -0.15) is 0 Å². The summed E-state index contributed by atoms with van der Waals surface area (Å²) in [5, 5.41) is 20.7. The third-order valence-corrected chi connectivity index (χ3v) is 3.87. The van der Waals surface area contributed by atoms with Gasteiger partial charge in [0.15, 0.2) is 0 Å². The van der Waals surface area contributed by atoms with Crippen molar-refractivity contribution < 1.29 is 34.1 Å². The first-order valence-corrected chi connectivity index (χ1v) is 9.31. The number of aliphatic carboxylic acids is 2. The van der Waals surface area contributed by atoms with E-state index in [1.165, 1.54) is 0 Å². The zero-order chi connectivity index (χ0) is 21.6. The molecule has 1 aliphatic heterocycles. The molecule has 2 rings (SSSR count). The average molecular weight is 409 g/mol. The van der Waals surface area contributed by atoms with E-state index >= 15 is 0 Å². The SMILES string of the molecule is CCOc1ccc(NC(=O)CNCCCN2CCCC2=O)cc1.O=C(O)C(=O)O. The Morgan fingerprint density at radius 2 is 1.79 bits per heavy atom. The van der Waals surface area contributed by atoms with Gasteiger partial charge < -0.3 is 30.5 Å². The van der Waals surface area contributed by atoms with Crippen molar-refractivity contribution in [2.75, 3.05) is 38.1 Å².